The summed E-state index contributed by atoms with van der Waals surface area (Å²) in [4.78, 5) is 33.4. The summed E-state index contributed by atoms with van der Waals surface area (Å²) in [5, 5.41) is 0. The van der Waals surface area contributed by atoms with Crippen molar-refractivity contribution in [1.29, 1.82) is 0 Å². The smallest absolute Gasteiger partial charge is 0.370 e. The Kier molecular flexibility index (Phi) is 6.98. The van der Waals surface area contributed by atoms with Crippen molar-refractivity contribution in [3.63, 3.8) is 0 Å². The highest BCUT2D eigenvalue weighted by Gasteiger charge is 2.36. The predicted octanol–water partition coefficient (Wildman–Crippen LogP) is 1.83. The maximum absolute atomic E-state index is 13.6. The number of nitrogens with zero attached hydrogens (tertiary/aromatic N) is 3. The Labute approximate surface area is 176 Å². The number of aromatic amines is 1. The zero-order chi connectivity index (χ0) is 21.2. The molecule has 3 rings (SSSR count). The van der Waals surface area contributed by atoms with Crippen LogP contribution in [-0.4, -0.2) is 53.8 Å². The highest BCUT2D eigenvalue weighted by molar-refractivity contribution is 6.02. The second-order valence-electron chi connectivity index (χ2n) is 6.43. The van der Waals surface area contributed by atoms with Crippen molar-refractivity contribution in [1.82, 2.24) is 9.88 Å². The van der Waals surface area contributed by atoms with Crippen LogP contribution in [0.25, 0.3) is 0 Å². The molecule has 2 amide bonds. The van der Waals surface area contributed by atoms with E-state index in [1.54, 1.807) is 23.2 Å². The van der Waals surface area contributed by atoms with Gasteiger partial charge < -0.3 is 26.3 Å². The molecule has 0 spiro atoms. The highest BCUT2D eigenvalue weighted by Crippen LogP contribution is 2.37. The first kappa shape index (κ1) is 23.1. The quantitative estimate of drug-likeness (QED) is 0.492. The number of aromatic nitrogens is 1. The van der Waals surface area contributed by atoms with Crippen LogP contribution < -0.4 is 16.4 Å². The van der Waals surface area contributed by atoms with Gasteiger partial charge in [-0.1, -0.05) is 0 Å². The van der Waals surface area contributed by atoms with Crippen molar-refractivity contribution in [3.8, 4) is 0 Å². The second-order valence-corrected chi connectivity index (χ2v) is 6.43. The summed E-state index contributed by atoms with van der Waals surface area (Å²) in [7, 11) is 0. The third-order valence-electron chi connectivity index (χ3n) is 4.52. The van der Waals surface area contributed by atoms with Crippen molar-refractivity contribution in [2.45, 2.75) is 6.18 Å². The molecule has 0 unspecified atom stereocenters. The summed E-state index contributed by atoms with van der Waals surface area (Å²) in [6, 6.07) is 6.55. The topological polar surface area (TPSA) is 121 Å². The van der Waals surface area contributed by atoms with E-state index in [9.17, 15) is 22.8 Å². The van der Waals surface area contributed by atoms with E-state index in [-0.39, 0.29) is 55.7 Å². The number of piperazine rings is 1. The molecule has 1 saturated heterocycles. The maximum atomic E-state index is 13.6. The van der Waals surface area contributed by atoms with Gasteiger partial charge in [0.1, 0.15) is 5.69 Å². The molecule has 1 aliphatic rings. The SMILES string of the molecule is Cl.NC(N)=NC(=O)c1ccc(N2CCN(C(=O)c3ccc[nH]3)CC2)c(C(F)(F)F)c1. The number of hydrogen-bond donors (Lipinski definition) is 3. The van der Waals surface area contributed by atoms with Crippen LogP contribution in [0.5, 0.6) is 0 Å². The third-order valence-corrected chi connectivity index (χ3v) is 4.52. The molecule has 2 heterocycles. The van der Waals surface area contributed by atoms with Crippen LogP contribution in [0.4, 0.5) is 18.9 Å². The van der Waals surface area contributed by atoms with Gasteiger partial charge in [0.05, 0.1) is 5.56 Å². The number of anilines is 1. The Bertz CT molecular complexity index is 934. The van der Waals surface area contributed by atoms with E-state index in [0.717, 1.165) is 6.07 Å². The first-order valence-corrected chi connectivity index (χ1v) is 8.69. The average Bonchev–Trinajstić information content (AvgIpc) is 3.20. The fraction of sp³-hybridized carbons (Fsp3) is 0.278. The van der Waals surface area contributed by atoms with Gasteiger partial charge in [-0.25, -0.2) is 0 Å². The summed E-state index contributed by atoms with van der Waals surface area (Å²) in [6.07, 6.45) is -3.05. The Morgan fingerprint density at radius 3 is 2.27 bits per heavy atom. The Morgan fingerprint density at radius 1 is 1.07 bits per heavy atom. The van der Waals surface area contributed by atoms with Gasteiger partial charge in [0.25, 0.3) is 11.8 Å². The first-order valence-electron chi connectivity index (χ1n) is 8.69. The van der Waals surface area contributed by atoms with Crippen LogP contribution in [0.1, 0.15) is 26.4 Å². The van der Waals surface area contributed by atoms with E-state index < -0.39 is 23.6 Å². The molecule has 1 aliphatic heterocycles. The number of alkyl halides is 3. The molecule has 0 aliphatic carbocycles. The summed E-state index contributed by atoms with van der Waals surface area (Å²) >= 11 is 0. The van der Waals surface area contributed by atoms with E-state index >= 15 is 0 Å². The van der Waals surface area contributed by atoms with E-state index in [4.69, 9.17) is 11.5 Å². The Hall–Kier alpha value is -3.21. The normalized spacial score (nSPS) is 14.1. The number of aliphatic imine (C=N–C) groups is 1. The van der Waals surface area contributed by atoms with Gasteiger partial charge in [0.15, 0.2) is 5.96 Å². The fourth-order valence-corrected chi connectivity index (χ4v) is 3.14. The van der Waals surface area contributed by atoms with Crippen LogP contribution in [0.15, 0.2) is 41.5 Å². The standard InChI is InChI=1S/C18H19F3N6O2.ClH/c19-18(20,21)12-10-11(15(28)25-17(22)23)3-4-14(12)26-6-8-27(9-7-26)16(29)13-2-1-5-24-13;/h1-5,10,24H,6-9H2,(H4,22,23,25,28);1H. The molecule has 1 fully saturated rings. The van der Waals surface area contributed by atoms with Gasteiger partial charge in [0, 0.05) is 43.6 Å². The van der Waals surface area contributed by atoms with Crippen molar-refractivity contribution in [3.05, 3.63) is 53.3 Å². The molecule has 12 heteroatoms. The molecule has 0 radical (unpaired) electrons. The number of benzene rings is 1. The molecular formula is C18H20ClF3N6O2. The number of halogens is 4. The minimum absolute atomic E-state index is 0. The van der Waals surface area contributed by atoms with Gasteiger partial charge in [-0.3, -0.25) is 9.59 Å². The zero-order valence-electron chi connectivity index (χ0n) is 15.6. The number of hydrogen-bond acceptors (Lipinski definition) is 3. The Balaban J connectivity index is 0.00000320. The van der Waals surface area contributed by atoms with E-state index in [0.29, 0.717) is 5.69 Å². The number of guanidine groups is 1. The number of H-pyrrole nitrogens is 1. The number of amides is 2. The molecule has 162 valence electrons. The Morgan fingerprint density at radius 2 is 1.73 bits per heavy atom. The molecule has 5 N–H and O–H groups in total. The molecule has 8 nitrogen and oxygen atoms in total. The summed E-state index contributed by atoms with van der Waals surface area (Å²) in [5.74, 6) is -1.69. The molecule has 1 aromatic carbocycles. The van der Waals surface area contributed by atoms with Crippen molar-refractivity contribution in [2.75, 3.05) is 31.1 Å². The van der Waals surface area contributed by atoms with Crippen LogP contribution in [0, 0.1) is 0 Å². The molecule has 0 bridgehead atoms. The number of carbonyl (C=O) groups is 2. The fourth-order valence-electron chi connectivity index (χ4n) is 3.14. The molecular weight excluding hydrogens is 425 g/mol. The van der Waals surface area contributed by atoms with Crippen LogP contribution in [0.2, 0.25) is 0 Å². The summed E-state index contributed by atoms with van der Waals surface area (Å²) in [6.45, 7) is 0.973. The minimum Gasteiger partial charge on any atom is -0.370 e. The van der Waals surface area contributed by atoms with Gasteiger partial charge in [0.2, 0.25) is 0 Å². The lowest BCUT2D eigenvalue weighted by molar-refractivity contribution is -0.137. The lowest BCUT2D eigenvalue weighted by Gasteiger charge is -2.37. The second kappa shape index (κ2) is 9.08. The number of nitrogens with two attached hydrogens (primary N) is 2. The van der Waals surface area contributed by atoms with Crippen LogP contribution >= 0.6 is 12.4 Å². The van der Waals surface area contributed by atoms with Crippen molar-refractivity contribution < 1.29 is 22.8 Å². The largest absolute Gasteiger partial charge is 0.418 e. The molecule has 2 aromatic rings. The van der Waals surface area contributed by atoms with Gasteiger partial charge in [-0.2, -0.15) is 18.2 Å². The van der Waals surface area contributed by atoms with E-state index in [1.165, 1.54) is 17.0 Å². The molecule has 30 heavy (non-hydrogen) atoms. The molecule has 0 saturated carbocycles. The van der Waals surface area contributed by atoms with E-state index in [1.807, 2.05) is 0 Å². The predicted molar refractivity (Wildman–Crippen MR) is 108 cm³/mol. The molecule has 1 aromatic heterocycles. The highest BCUT2D eigenvalue weighted by atomic mass is 35.5. The third kappa shape index (κ3) is 5.03. The van der Waals surface area contributed by atoms with E-state index in [2.05, 4.69) is 9.98 Å². The first-order chi connectivity index (χ1) is 13.7. The van der Waals surface area contributed by atoms with Gasteiger partial charge in [-0.15, -0.1) is 12.4 Å². The average molecular weight is 445 g/mol. The van der Waals surface area contributed by atoms with Gasteiger partial charge in [-0.05, 0) is 30.3 Å². The number of carbonyl (C=O) groups excluding carboxylic acids is 2. The minimum atomic E-state index is -4.68. The van der Waals surface area contributed by atoms with Crippen molar-refractivity contribution >= 4 is 35.9 Å². The van der Waals surface area contributed by atoms with Crippen molar-refractivity contribution in [2.24, 2.45) is 16.5 Å². The van der Waals surface area contributed by atoms with Gasteiger partial charge >= 0.3 is 6.18 Å². The summed E-state index contributed by atoms with van der Waals surface area (Å²) < 4.78 is 40.8. The zero-order valence-corrected chi connectivity index (χ0v) is 16.5. The summed E-state index contributed by atoms with van der Waals surface area (Å²) in [5.41, 5.74) is 9.37. The van der Waals surface area contributed by atoms with Crippen LogP contribution in [-0.2, 0) is 6.18 Å². The molecule has 0 atom stereocenters. The monoisotopic (exact) mass is 444 g/mol. The van der Waals surface area contributed by atoms with Crippen LogP contribution in [0.3, 0.4) is 0 Å². The number of rotatable bonds is 3. The number of nitrogens with one attached hydrogen (secondary N) is 1. The lowest BCUT2D eigenvalue weighted by atomic mass is 10.1. The maximum Gasteiger partial charge on any atom is 0.418 e. The lowest BCUT2D eigenvalue weighted by Crippen LogP contribution is -2.49.